The number of furan rings is 3. The molecule has 0 amide bonds. The Labute approximate surface area is 760 Å². The van der Waals surface area contributed by atoms with E-state index in [-0.39, 0.29) is 16.2 Å². The number of pyridine rings is 3. The molecule has 9 heterocycles. The molecule has 23 aromatic rings. The molecule has 15 heteroatoms. The first-order valence-electron chi connectivity index (χ1n) is 44.3. The molecular formula is C117H80N12O3. The van der Waals surface area contributed by atoms with E-state index in [0.717, 1.165) is 121 Å². The molecule has 0 atom stereocenters. The minimum Gasteiger partial charge on any atom is -0.456 e. The minimum absolute atomic E-state index is 0.0613. The predicted octanol–water partition coefficient (Wildman–Crippen LogP) is 28.8. The van der Waals surface area contributed by atoms with Crippen LogP contribution in [-0.4, -0.2) is 59.8 Å². The van der Waals surface area contributed by atoms with Gasteiger partial charge in [0.15, 0.2) is 52.4 Å². The third kappa shape index (κ3) is 13.6. The Hall–Kier alpha value is -17.0. The summed E-state index contributed by atoms with van der Waals surface area (Å²) in [5.74, 6) is 5.28. The zero-order chi connectivity index (χ0) is 88.5. The van der Waals surface area contributed by atoms with Crippen LogP contribution in [0.15, 0.2) is 390 Å². The van der Waals surface area contributed by atoms with E-state index >= 15 is 0 Å². The van der Waals surface area contributed by atoms with Gasteiger partial charge in [-0.3, -0.25) is 15.0 Å². The maximum atomic E-state index is 6.41. The number of benzene rings is 14. The van der Waals surface area contributed by atoms with Crippen molar-refractivity contribution in [3.8, 4) is 159 Å². The van der Waals surface area contributed by atoms with Gasteiger partial charge in [-0.2, -0.15) is 0 Å². The highest BCUT2D eigenvalue weighted by atomic mass is 16.3. The molecular weight excluding hydrogens is 1620 g/mol. The number of nitrogens with zero attached hydrogens (tertiary/aromatic N) is 12. The van der Waals surface area contributed by atoms with Gasteiger partial charge < -0.3 is 13.3 Å². The Morgan fingerprint density at radius 1 is 0.167 bits per heavy atom. The lowest BCUT2D eigenvalue weighted by atomic mass is 9.82. The van der Waals surface area contributed by atoms with E-state index in [1.807, 2.05) is 158 Å². The Morgan fingerprint density at radius 2 is 0.402 bits per heavy atom. The standard InChI is InChI=1S/C42H29N3O.C41H28N4O.C34H23N5O/c1-42(2)35-16-10-9-15-31(35)32-24-34-33-23-30(21-22-37(33)46-38(34)25-36(32)42)26-17-19-29(20-18-26)41-44-39(27-11-5-3-6-12-27)43-40(45-41)28-13-7-4-8-14-28;1-41(2)33-13-7-6-12-29(33)30-23-32-31-22-28(19-20-36(31)46-37(32)24-34(30)41)25-15-17-27(18-16-25)39-43-38(26-10-4-3-5-11-26)44-40(45-39)35-14-8-9-21-42-35;1-34(2)25-10-4-3-9-21(25)22-18-24-23-17-20(13-14-29(23)40-30(24)19-26(22)34)31-37-32(27-11-5-7-15-35-27)39-33(38-31)28-12-6-8-16-36-28/h3-25H,1-2H3;3-24H,1-2H3;3-19H,1-2H3. The Kier molecular flexibility index (Phi) is 18.5. The van der Waals surface area contributed by atoms with Gasteiger partial charge in [-0.05, 0) is 204 Å². The molecule has 3 aliphatic rings. The summed E-state index contributed by atoms with van der Waals surface area (Å²) in [6, 6.07) is 123. The van der Waals surface area contributed by atoms with Crippen LogP contribution in [0.1, 0.15) is 74.9 Å². The van der Waals surface area contributed by atoms with Crippen molar-refractivity contribution in [2.45, 2.75) is 57.8 Å². The number of aromatic nitrogens is 12. The second kappa shape index (κ2) is 31.2. The van der Waals surface area contributed by atoms with Gasteiger partial charge in [0.2, 0.25) is 0 Å². The summed E-state index contributed by atoms with van der Waals surface area (Å²) in [5.41, 5.74) is 33.0. The van der Waals surface area contributed by atoms with Crippen LogP contribution in [0, 0.1) is 0 Å². The normalized spacial score (nSPS) is 13.3. The van der Waals surface area contributed by atoms with Gasteiger partial charge in [0.1, 0.15) is 50.6 Å². The summed E-state index contributed by atoms with van der Waals surface area (Å²) in [6.45, 7) is 13.8. The molecule has 626 valence electrons. The first kappa shape index (κ1) is 78.4. The van der Waals surface area contributed by atoms with E-state index < -0.39 is 0 Å². The van der Waals surface area contributed by atoms with Gasteiger partial charge in [0, 0.05) is 101 Å². The first-order valence-corrected chi connectivity index (χ1v) is 44.3. The molecule has 132 heavy (non-hydrogen) atoms. The third-order valence-corrected chi connectivity index (χ3v) is 26.4. The molecule has 26 rings (SSSR count). The van der Waals surface area contributed by atoms with E-state index in [4.69, 9.17) is 58.1 Å². The lowest BCUT2D eigenvalue weighted by Gasteiger charge is -2.21. The van der Waals surface area contributed by atoms with Crippen molar-refractivity contribution >= 4 is 65.8 Å². The smallest absolute Gasteiger partial charge is 0.182 e. The van der Waals surface area contributed by atoms with Crippen LogP contribution in [0.2, 0.25) is 0 Å². The van der Waals surface area contributed by atoms with Crippen LogP contribution in [0.25, 0.3) is 224 Å². The number of fused-ring (bicyclic) bond motifs is 18. The summed E-state index contributed by atoms with van der Waals surface area (Å²) in [6.07, 6.45) is 5.23. The average Bonchev–Trinajstić information content (AvgIpc) is 1.57. The van der Waals surface area contributed by atoms with Crippen molar-refractivity contribution in [2.24, 2.45) is 0 Å². The van der Waals surface area contributed by atoms with Gasteiger partial charge in [0.25, 0.3) is 0 Å². The molecule has 0 spiro atoms. The van der Waals surface area contributed by atoms with E-state index in [0.29, 0.717) is 69.5 Å². The summed E-state index contributed by atoms with van der Waals surface area (Å²) in [7, 11) is 0. The topological polar surface area (TPSA) is 194 Å². The van der Waals surface area contributed by atoms with Gasteiger partial charge in [-0.1, -0.05) is 284 Å². The van der Waals surface area contributed by atoms with Crippen molar-refractivity contribution in [3.63, 3.8) is 0 Å². The highest BCUT2D eigenvalue weighted by Crippen LogP contribution is 2.55. The highest BCUT2D eigenvalue weighted by molar-refractivity contribution is 6.12. The van der Waals surface area contributed by atoms with Crippen molar-refractivity contribution in [1.29, 1.82) is 0 Å². The maximum absolute atomic E-state index is 6.41. The zero-order valence-electron chi connectivity index (χ0n) is 72.9. The number of rotatable bonds is 11. The maximum Gasteiger partial charge on any atom is 0.182 e. The lowest BCUT2D eigenvalue weighted by molar-refractivity contribution is 0.647. The SMILES string of the molecule is CC1(C)c2ccccc2-c2cc3c(cc21)oc1ccc(-c2ccc(-c4nc(-c5ccccc5)nc(-c5ccccc5)n4)cc2)cc13.CC1(C)c2ccccc2-c2cc3c(cc21)oc1ccc(-c2ccc(-c4nc(-c5ccccc5)nc(-c5ccccn5)n4)cc2)cc13.CC1(C)c2ccccc2-c2cc3c(cc21)oc1ccc(-c2nc(-c4ccccn4)nc(-c4ccccn4)n2)cc13. The summed E-state index contributed by atoms with van der Waals surface area (Å²) >= 11 is 0. The van der Waals surface area contributed by atoms with E-state index in [1.54, 1.807) is 18.6 Å². The fraction of sp³-hybridized carbons (Fsp3) is 0.0769. The van der Waals surface area contributed by atoms with E-state index in [2.05, 4.69) is 257 Å². The average molecular weight is 1700 g/mol. The molecule has 0 fully saturated rings. The second-order valence-electron chi connectivity index (χ2n) is 35.4. The fourth-order valence-corrected chi connectivity index (χ4v) is 19.5. The summed E-state index contributed by atoms with van der Waals surface area (Å²) < 4.78 is 19.2. The molecule has 9 aromatic heterocycles. The van der Waals surface area contributed by atoms with Crippen LogP contribution >= 0.6 is 0 Å². The Bertz CT molecular complexity index is 8000. The second-order valence-corrected chi connectivity index (χ2v) is 35.4. The van der Waals surface area contributed by atoms with Gasteiger partial charge in [-0.15, -0.1) is 0 Å². The molecule has 0 bridgehead atoms. The van der Waals surface area contributed by atoms with Crippen LogP contribution in [0.5, 0.6) is 0 Å². The van der Waals surface area contributed by atoms with Gasteiger partial charge in [0.05, 0.1) is 0 Å². The minimum atomic E-state index is -0.0844. The molecule has 0 saturated heterocycles. The lowest BCUT2D eigenvalue weighted by Crippen LogP contribution is -2.14. The van der Waals surface area contributed by atoms with Crippen LogP contribution in [0.3, 0.4) is 0 Å². The van der Waals surface area contributed by atoms with Crippen molar-refractivity contribution in [2.75, 3.05) is 0 Å². The van der Waals surface area contributed by atoms with Gasteiger partial charge >= 0.3 is 0 Å². The monoisotopic (exact) mass is 1700 g/mol. The van der Waals surface area contributed by atoms with Crippen LogP contribution in [-0.2, 0) is 16.2 Å². The largest absolute Gasteiger partial charge is 0.456 e. The third-order valence-electron chi connectivity index (χ3n) is 26.4. The predicted molar refractivity (Wildman–Crippen MR) is 527 cm³/mol. The van der Waals surface area contributed by atoms with Crippen LogP contribution in [0.4, 0.5) is 0 Å². The molecule has 0 unspecified atom stereocenters. The Morgan fingerprint density at radius 3 is 0.712 bits per heavy atom. The fourth-order valence-electron chi connectivity index (χ4n) is 19.5. The van der Waals surface area contributed by atoms with Crippen LogP contribution < -0.4 is 0 Å². The first-order chi connectivity index (χ1) is 64.6. The summed E-state index contributed by atoms with van der Waals surface area (Å²) in [5, 5.41) is 6.63. The molecule has 0 saturated carbocycles. The molecule has 0 radical (unpaired) electrons. The molecule has 15 nitrogen and oxygen atoms in total. The zero-order valence-corrected chi connectivity index (χ0v) is 72.9. The van der Waals surface area contributed by atoms with E-state index in [9.17, 15) is 0 Å². The van der Waals surface area contributed by atoms with Crippen molar-refractivity contribution < 1.29 is 13.3 Å². The van der Waals surface area contributed by atoms with Crippen molar-refractivity contribution in [3.05, 3.63) is 410 Å². The quantitative estimate of drug-likeness (QED) is 0.119. The molecule has 3 aliphatic carbocycles. The molecule has 0 aliphatic heterocycles. The highest BCUT2D eigenvalue weighted by Gasteiger charge is 2.40. The van der Waals surface area contributed by atoms with E-state index in [1.165, 1.54) is 66.8 Å². The summed E-state index contributed by atoms with van der Waals surface area (Å²) in [4.78, 5) is 56.9. The number of hydrogen-bond acceptors (Lipinski definition) is 15. The number of hydrogen-bond donors (Lipinski definition) is 0. The van der Waals surface area contributed by atoms with Gasteiger partial charge in [-0.25, -0.2) is 44.9 Å². The van der Waals surface area contributed by atoms with Crippen molar-refractivity contribution in [1.82, 2.24) is 59.8 Å². The molecule has 14 aromatic carbocycles. The Balaban J connectivity index is 0.000000110. The molecule has 0 N–H and O–H groups in total.